The summed E-state index contributed by atoms with van der Waals surface area (Å²) in [5.74, 6) is -0.507. The highest BCUT2D eigenvalue weighted by Crippen LogP contribution is 2.76. The molecule has 28 atom stereocenters. The number of rotatable bonds is 12. The number of carbonyl (C=O) groups excluding carboxylic acids is 1. The maximum Gasteiger partial charge on any atom is 0.315 e. The van der Waals surface area contributed by atoms with Gasteiger partial charge in [-0.25, -0.2) is 0 Å². The molecule has 9 rings (SSSR count). The predicted molar refractivity (Wildman–Crippen MR) is 263 cm³/mol. The van der Waals surface area contributed by atoms with E-state index in [9.17, 15) is 76.3 Å². The minimum atomic E-state index is -1.94. The molecule has 0 spiro atoms. The standard InChI is InChI=1S/C54H88O23/c1-49(2)14-16-54(48(69)77-46-41(68)38(65)34(61)27(21-57)72-46)17-15-52(6)23(24(54)18-49)8-9-30-51(5)12-11-31(50(3,4)29(51)10-13-53(30,52)7)74-47-43(76-45-40(67)37(64)33(60)26(20-56)71-45)42(35(62)28(22-58)73-47)75-44-39(66)36(63)32(59)25(19-55)70-44/h8,24-47,55-68H,9-22H2,1-7H3/t24-,25+,26+,27+,28+,29?,30?,31-,32+,33-,34+,35+,36-,37-,38-,39+,40+,41+,42-,43+,44-,45-,46-,47-,51-,52+,53+,54-/m0/s1. The van der Waals surface area contributed by atoms with Gasteiger partial charge >= 0.3 is 5.97 Å². The second-order valence-electron chi connectivity index (χ2n) is 26.3. The number of aliphatic hydroxyl groups excluding tert-OH is 14. The smallest absolute Gasteiger partial charge is 0.315 e. The summed E-state index contributed by atoms with van der Waals surface area (Å²) >= 11 is 0. The molecule has 9 aliphatic rings. The Morgan fingerprint density at radius 2 is 1.00 bits per heavy atom. The van der Waals surface area contributed by atoms with Crippen LogP contribution in [0.3, 0.4) is 0 Å². The van der Waals surface area contributed by atoms with Gasteiger partial charge in [-0.2, -0.15) is 0 Å². The van der Waals surface area contributed by atoms with Crippen molar-refractivity contribution in [3.63, 3.8) is 0 Å². The average molecular weight is 1110 g/mol. The molecule has 23 nitrogen and oxygen atoms in total. The van der Waals surface area contributed by atoms with Gasteiger partial charge in [-0.3, -0.25) is 4.79 Å². The van der Waals surface area contributed by atoms with Crippen LogP contribution >= 0.6 is 0 Å². The molecule has 77 heavy (non-hydrogen) atoms. The molecule has 2 unspecified atom stereocenters. The van der Waals surface area contributed by atoms with Crippen LogP contribution in [0.2, 0.25) is 0 Å². The van der Waals surface area contributed by atoms with Crippen LogP contribution in [0.4, 0.5) is 0 Å². The van der Waals surface area contributed by atoms with Crippen molar-refractivity contribution in [1.82, 2.24) is 0 Å². The summed E-state index contributed by atoms with van der Waals surface area (Å²) in [5, 5.41) is 149. The van der Waals surface area contributed by atoms with Crippen LogP contribution in [-0.2, 0) is 42.7 Å². The molecule has 4 saturated carbocycles. The highest BCUT2D eigenvalue weighted by atomic mass is 16.8. The Balaban J connectivity index is 0.995. The first-order valence-electron chi connectivity index (χ1n) is 27.8. The number of ether oxygens (including phenoxy) is 8. The number of fused-ring (bicyclic) bond motifs is 7. The van der Waals surface area contributed by atoms with Crippen LogP contribution in [0, 0.1) is 50.2 Å². The van der Waals surface area contributed by atoms with Crippen LogP contribution in [0.25, 0.3) is 0 Å². The first-order valence-corrected chi connectivity index (χ1v) is 27.8. The fraction of sp³-hybridized carbons (Fsp3) is 0.944. The Bertz CT molecular complexity index is 2110. The highest BCUT2D eigenvalue weighted by molar-refractivity contribution is 5.79. The normalized spacial score (nSPS) is 53.4. The minimum absolute atomic E-state index is 0.0454. The third-order valence-corrected chi connectivity index (χ3v) is 21.4. The van der Waals surface area contributed by atoms with Gasteiger partial charge in [-0.1, -0.05) is 60.1 Å². The Morgan fingerprint density at radius 3 is 1.55 bits per heavy atom. The third-order valence-electron chi connectivity index (χ3n) is 21.4. The van der Waals surface area contributed by atoms with Crippen LogP contribution in [0.1, 0.15) is 113 Å². The Kier molecular flexibility index (Phi) is 17.0. The summed E-state index contributed by atoms with van der Waals surface area (Å²) in [6.07, 6.45) is -25.0. The lowest BCUT2D eigenvalue weighted by molar-refractivity contribution is -0.399. The molecular weight excluding hydrogens is 1020 g/mol. The van der Waals surface area contributed by atoms with Crippen LogP contribution in [0.15, 0.2) is 11.6 Å². The van der Waals surface area contributed by atoms with E-state index in [2.05, 4.69) is 54.5 Å². The summed E-state index contributed by atoms with van der Waals surface area (Å²) in [6, 6.07) is 0. The zero-order valence-electron chi connectivity index (χ0n) is 45.3. The van der Waals surface area contributed by atoms with Crippen molar-refractivity contribution in [2.24, 2.45) is 50.2 Å². The first-order chi connectivity index (χ1) is 36.1. The molecule has 0 bridgehead atoms. The number of hydrogen-bond acceptors (Lipinski definition) is 23. The van der Waals surface area contributed by atoms with Gasteiger partial charge in [0.1, 0.15) is 97.7 Å². The van der Waals surface area contributed by atoms with E-state index in [1.165, 1.54) is 5.57 Å². The van der Waals surface area contributed by atoms with E-state index >= 15 is 0 Å². The van der Waals surface area contributed by atoms with Crippen molar-refractivity contribution in [2.75, 3.05) is 26.4 Å². The van der Waals surface area contributed by atoms with Crippen molar-refractivity contribution in [3.05, 3.63) is 11.6 Å². The zero-order valence-corrected chi connectivity index (χ0v) is 45.3. The molecule has 4 heterocycles. The van der Waals surface area contributed by atoms with E-state index < -0.39 is 172 Å². The van der Waals surface area contributed by atoms with E-state index in [4.69, 9.17) is 37.9 Å². The van der Waals surface area contributed by atoms with Crippen LogP contribution in [0.5, 0.6) is 0 Å². The van der Waals surface area contributed by atoms with Crippen molar-refractivity contribution in [3.8, 4) is 0 Å². The van der Waals surface area contributed by atoms with E-state index in [-0.39, 0.29) is 39.4 Å². The molecule has 23 heteroatoms. The topological polar surface area (TPSA) is 374 Å². The van der Waals surface area contributed by atoms with E-state index in [1.54, 1.807) is 0 Å². The minimum Gasteiger partial charge on any atom is -0.432 e. The van der Waals surface area contributed by atoms with Gasteiger partial charge < -0.3 is 109 Å². The number of allylic oxidation sites excluding steroid dienone is 2. The predicted octanol–water partition coefficient (Wildman–Crippen LogP) is -2.04. The van der Waals surface area contributed by atoms with Gasteiger partial charge in [0, 0.05) is 0 Å². The fourth-order valence-corrected chi connectivity index (χ4v) is 16.5. The molecule has 4 saturated heterocycles. The molecule has 0 aromatic rings. The Labute approximate surface area is 449 Å². The van der Waals surface area contributed by atoms with Crippen LogP contribution in [-0.4, -0.2) is 233 Å². The second-order valence-corrected chi connectivity index (χ2v) is 26.3. The molecule has 0 amide bonds. The summed E-state index contributed by atoms with van der Waals surface area (Å²) in [6.45, 7) is 12.8. The third kappa shape index (κ3) is 9.80. The average Bonchev–Trinajstić information content (AvgIpc) is 3.55. The van der Waals surface area contributed by atoms with E-state index in [0.717, 1.165) is 32.1 Å². The monoisotopic (exact) mass is 1100 g/mol. The molecule has 5 aliphatic carbocycles. The molecule has 442 valence electrons. The zero-order chi connectivity index (χ0) is 56.3. The summed E-state index contributed by atoms with van der Waals surface area (Å²) < 4.78 is 48.9. The molecular formula is C54H88O23. The molecule has 8 fully saturated rings. The number of aliphatic hydroxyl groups is 14. The van der Waals surface area contributed by atoms with E-state index in [0.29, 0.717) is 32.1 Å². The van der Waals surface area contributed by atoms with E-state index in [1.807, 2.05) is 0 Å². The van der Waals surface area contributed by atoms with Gasteiger partial charge in [0.2, 0.25) is 6.29 Å². The van der Waals surface area contributed by atoms with Gasteiger partial charge in [-0.15, -0.1) is 0 Å². The fourth-order valence-electron chi connectivity index (χ4n) is 16.5. The lowest BCUT2D eigenvalue weighted by atomic mass is 9.33. The maximum absolute atomic E-state index is 14.8. The molecule has 0 aromatic carbocycles. The number of esters is 1. The summed E-state index contributed by atoms with van der Waals surface area (Å²) in [5.41, 5.74) is -1.27. The molecule has 4 aliphatic heterocycles. The highest BCUT2D eigenvalue weighted by Gasteiger charge is 2.70. The van der Waals surface area contributed by atoms with Crippen molar-refractivity contribution < 1.29 is 114 Å². The molecule has 14 N–H and O–H groups in total. The van der Waals surface area contributed by atoms with Gasteiger partial charge in [0.05, 0.1) is 37.9 Å². The maximum atomic E-state index is 14.8. The Morgan fingerprint density at radius 1 is 0.519 bits per heavy atom. The van der Waals surface area contributed by atoms with Gasteiger partial charge in [0.15, 0.2) is 18.9 Å². The van der Waals surface area contributed by atoms with Crippen molar-refractivity contribution in [2.45, 2.75) is 242 Å². The first kappa shape index (κ1) is 60.0. The lowest BCUT2D eigenvalue weighted by Crippen LogP contribution is -2.68. The summed E-state index contributed by atoms with van der Waals surface area (Å²) in [7, 11) is 0. The number of carbonyl (C=O) groups is 1. The number of hydrogen-bond donors (Lipinski definition) is 14. The quantitative estimate of drug-likeness (QED) is 0.0569. The SMILES string of the molecule is CC1(C)CC[C@]2(C(=O)O[C@@H]3O[C@H](CO)[C@@H](O)[C@H](O)[C@H]3O)CC[C@]3(C)C(=CCC4[C@@]5(C)CC[C@H](O[C@@H]6O[C@H](CO)[C@@H](O)[C@H](O[C@@H]7O[C@H](CO)[C@@H](O)[C@H](O)[C@H]7O)[C@H]6O[C@@H]6O[C@H](CO)[C@H](O)[C@H](O)[C@H]6O)C(C)(C)C5CC[C@]43C)[C@@H]2C1. The summed E-state index contributed by atoms with van der Waals surface area (Å²) in [4.78, 5) is 14.8. The largest absolute Gasteiger partial charge is 0.432 e. The molecule has 0 aromatic heterocycles. The van der Waals surface area contributed by atoms with Crippen LogP contribution < -0.4 is 0 Å². The van der Waals surface area contributed by atoms with Crippen molar-refractivity contribution >= 4 is 5.97 Å². The van der Waals surface area contributed by atoms with Gasteiger partial charge in [0.25, 0.3) is 0 Å². The second kappa shape index (κ2) is 21.8. The molecule has 0 radical (unpaired) electrons. The van der Waals surface area contributed by atoms with Crippen molar-refractivity contribution in [1.29, 1.82) is 0 Å². The lowest BCUT2D eigenvalue weighted by Gasteiger charge is -2.71. The Hall–Kier alpha value is -1.63. The van der Waals surface area contributed by atoms with Gasteiger partial charge in [-0.05, 0) is 109 Å².